The SMILES string of the molecule is CCN1CCN(Cc2ccc(F)c(Br)c2)CC1. The molecule has 1 aliphatic heterocycles. The van der Waals surface area contributed by atoms with Gasteiger partial charge >= 0.3 is 0 Å². The Kier molecular flexibility index (Phi) is 4.54. The quantitative estimate of drug-likeness (QED) is 0.847. The maximum Gasteiger partial charge on any atom is 0.137 e. The van der Waals surface area contributed by atoms with Crippen LogP contribution < -0.4 is 0 Å². The Bertz CT molecular complexity index is 376. The molecule has 0 N–H and O–H groups in total. The van der Waals surface area contributed by atoms with Gasteiger partial charge in [-0.3, -0.25) is 4.90 Å². The Morgan fingerprint density at radius 1 is 1.18 bits per heavy atom. The van der Waals surface area contributed by atoms with Crippen molar-refractivity contribution >= 4 is 15.9 Å². The molecule has 0 aromatic heterocycles. The third-order valence-corrected chi connectivity index (χ3v) is 3.91. The topological polar surface area (TPSA) is 6.48 Å². The Morgan fingerprint density at radius 2 is 1.82 bits per heavy atom. The third-order valence-electron chi connectivity index (χ3n) is 3.30. The van der Waals surface area contributed by atoms with E-state index >= 15 is 0 Å². The first-order valence-corrected chi connectivity index (χ1v) is 6.87. The number of hydrogen-bond acceptors (Lipinski definition) is 2. The second-order valence-electron chi connectivity index (χ2n) is 4.46. The highest BCUT2D eigenvalue weighted by molar-refractivity contribution is 9.10. The molecule has 1 saturated heterocycles. The van der Waals surface area contributed by atoms with E-state index in [0.29, 0.717) is 4.47 Å². The van der Waals surface area contributed by atoms with E-state index < -0.39 is 0 Å². The first-order chi connectivity index (χ1) is 8.19. The number of nitrogens with zero attached hydrogens (tertiary/aromatic N) is 2. The number of halogens is 2. The molecule has 0 radical (unpaired) electrons. The molecule has 1 aliphatic rings. The van der Waals surface area contributed by atoms with E-state index in [0.717, 1.165) is 39.3 Å². The summed E-state index contributed by atoms with van der Waals surface area (Å²) in [6.07, 6.45) is 0. The molecule has 2 nitrogen and oxygen atoms in total. The van der Waals surface area contributed by atoms with Crippen molar-refractivity contribution in [2.75, 3.05) is 32.7 Å². The minimum Gasteiger partial charge on any atom is -0.301 e. The van der Waals surface area contributed by atoms with Crippen LogP contribution in [0.3, 0.4) is 0 Å². The molecule has 0 spiro atoms. The molecule has 17 heavy (non-hydrogen) atoms. The van der Waals surface area contributed by atoms with Gasteiger partial charge in [-0.1, -0.05) is 13.0 Å². The molecule has 0 aliphatic carbocycles. The summed E-state index contributed by atoms with van der Waals surface area (Å²) in [5.74, 6) is -0.190. The maximum absolute atomic E-state index is 13.1. The van der Waals surface area contributed by atoms with Gasteiger partial charge in [0, 0.05) is 32.7 Å². The predicted molar refractivity (Wildman–Crippen MR) is 71.5 cm³/mol. The lowest BCUT2D eigenvalue weighted by atomic mass is 10.2. The largest absolute Gasteiger partial charge is 0.301 e. The molecule has 0 atom stereocenters. The van der Waals surface area contributed by atoms with Crippen molar-refractivity contribution in [2.24, 2.45) is 0 Å². The molecular weight excluding hydrogens is 283 g/mol. The minimum atomic E-state index is -0.190. The molecule has 94 valence electrons. The summed E-state index contributed by atoms with van der Waals surface area (Å²) in [6.45, 7) is 8.72. The minimum absolute atomic E-state index is 0.190. The van der Waals surface area contributed by atoms with Crippen LogP contribution in [0.5, 0.6) is 0 Å². The van der Waals surface area contributed by atoms with Gasteiger partial charge in [0.2, 0.25) is 0 Å². The Hall–Kier alpha value is -0.450. The highest BCUT2D eigenvalue weighted by Gasteiger charge is 2.15. The van der Waals surface area contributed by atoms with Crippen LogP contribution in [0.2, 0.25) is 0 Å². The van der Waals surface area contributed by atoms with Crippen LogP contribution in [0, 0.1) is 5.82 Å². The number of benzene rings is 1. The normalized spacial score (nSPS) is 18.5. The van der Waals surface area contributed by atoms with Crippen LogP contribution in [-0.4, -0.2) is 42.5 Å². The number of likely N-dealkylation sites (N-methyl/N-ethyl adjacent to an activating group) is 1. The lowest BCUT2D eigenvalue weighted by molar-refractivity contribution is 0.132. The van der Waals surface area contributed by atoms with Gasteiger partial charge in [0.1, 0.15) is 5.82 Å². The first kappa shape index (κ1) is 13.0. The van der Waals surface area contributed by atoms with E-state index in [4.69, 9.17) is 0 Å². The molecule has 1 aromatic rings. The molecule has 0 saturated carbocycles. The number of piperazine rings is 1. The van der Waals surface area contributed by atoms with Crippen LogP contribution in [0.25, 0.3) is 0 Å². The molecule has 4 heteroatoms. The second kappa shape index (κ2) is 5.94. The van der Waals surface area contributed by atoms with E-state index in [1.54, 1.807) is 0 Å². The van der Waals surface area contributed by atoms with E-state index in [2.05, 4.69) is 32.7 Å². The van der Waals surface area contributed by atoms with Gasteiger partial charge in [0.15, 0.2) is 0 Å². The predicted octanol–water partition coefficient (Wildman–Crippen LogP) is 2.73. The summed E-state index contributed by atoms with van der Waals surface area (Å²) in [5.41, 5.74) is 1.17. The lowest BCUT2D eigenvalue weighted by Gasteiger charge is -2.34. The Morgan fingerprint density at radius 3 is 2.41 bits per heavy atom. The molecule has 1 fully saturated rings. The van der Waals surface area contributed by atoms with E-state index in [9.17, 15) is 4.39 Å². The van der Waals surface area contributed by atoms with Gasteiger partial charge in [-0.05, 0) is 40.2 Å². The Labute approximate surface area is 111 Å². The summed E-state index contributed by atoms with van der Waals surface area (Å²) in [7, 11) is 0. The zero-order chi connectivity index (χ0) is 12.3. The fraction of sp³-hybridized carbons (Fsp3) is 0.538. The van der Waals surface area contributed by atoms with Gasteiger partial charge in [0.05, 0.1) is 4.47 Å². The maximum atomic E-state index is 13.1. The highest BCUT2D eigenvalue weighted by atomic mass is 79.9. The van der Waals surface area contributed by atoms with Gasteiger partial charge in [-0.2, -0.15) is 0 Å². The summed E-state index contributed by atoms with van der Waals surface area (Å²) >= 11 is 3.23. The standard InChI is InChI=1S/C13H18BrFN2/c1-2-16-5-7-17(8-6-16)10-11-3-4-13(15)12(14)9-11/h3-4,9H,2,5-8,10H2,1H3. The van der Waals surface area contributed by atoms with Crippen molar-refractivity contribution in [3.63, 3.8) is 0 Å². The molecule has 1 aromatic carbocycles. The molecule has 1 heterocycles. The highest BCUT2D eigenvalue weighted by Crippen LogP contribution is 2.18. The summed E-state index contributed by atoms with van der Waals surface area (Å²) < 4.78 is 13.7. The van der Waals surface area contributed by atoms with Crippen molar-refractivity contribution in [3.8, 4) is 0 Å². The average Bonchev–Trinajstić information content (AvgIpc) is 2.35. The van der Waals surface area contributed by atoms with Crippen molar-refractivity contribution in [3.05, 3.63) is 34.1 Å². The molecule has 0 bridgehead atoms. The summed E-state index contributed by atoms with van der Waals surface area (Å²) in [4.78, 5) is 4.88. The van der Waals surface area contributed by atoms with Crippen molar-refractivity contribution in [1.82, 2.24) is 9.80 Å². The van der Waals surface area contributed by atoms with E-state index in [1.807, 2.05) is 12.1 Å². The number of hydrogen-bond donors (Lipinski definition) is 0. The van der Waals surface area contributed by atoms with Crippen molar-refractivity contribution < 1.29 is 4.39 Å². The van der Waals surface area contributed by atoms with Crippen molar-refractivity contribution in [1.29, 1.82) is 0 Å². The smallest absolute Gasteiger partial charge is 0.137 e. The third kappa shape index (κ3) is 3.50. The van der Waals surface area contributed by atoms with Crippen LogP contribution in [0.1, 0.15) is 12.5 Å². The van der Waals surface area contributed by atoms with Crippen LogP contribution in [0.4, 0.5) is 4.39 Å². The van der Waals surface area contributed by atoms with Crippen LogP contribution in [-0.2, 0) is 6.54 Å². The van der Waals surface area contributed by atoms with E-state index in [1.165, 1.54) is 11.6 Å². The fourth-order valence-electron chi connectivity index (χ4n) is 2.16. The zero-order valence-electron chi connectivity index (χ0n) is 10.1. The van der Waals surface area contributed by atoms with Gasteiger partial charge in [0.25, 0.3) is 0 Å². The molecule has 0 amide bonds. The van der Waals surface area contributed by atoms with Gasteiger partial charge in [-0.15, -0.1) is 0 Å². The van der Waals surface area contributed by atoms with Gasteiger partial charge in [-0.25, -0.2) is 4.39 Å². The second-order valence-corrected chi connectivity index (χ2v) is 5.31. The fourth-order valence-corrected chi connectivity index (χ4v) is 2.59. The molecular formula is C13H18BrFN2. The Balaban J connectivity index is 1.91. The van der Waals surface area contributed by atoms with Crippen molar-refractivity contribution in [2.45, 2.75) is 13.5 Å². The lowest BCUT2D eigenvalue weighted by Crippen LogP contribution is -2.45. The van der Waals surface area contributed by atoms with E-state index in [-0.39, 0.29) is 5.82 Å². The average molecular weight is 301 g/mol. The summed E-state index contributed by atoms with van der Waals surface area (Å²) in [5, 5.41) is 0. The zero-order valence-corrected chi connectivity index (χ0v) is 11.7. The molecule has 2 rings (SSSR count). The monoisotopic (exact) mass is 300 g/mol. The van der Waals surface area contributed by atoms with Gasteiger partial charge < -0.3 is 4.90 Å². The molecule has 0 unspecified atom stereocenters. The van der Waals surface area contributed by atoms with Crippen LogP contribution in [0.15, 0.2) is 22.7 Å². The van der Waals surface area contributed by atoms with Crippen LogP contribution >= 0.6 is 15.9 Å². The number of rotatable bonds is 3. The summed E-state index contributed by atoms with van der Waals surface area (Å²) in [6, 6.07) is 5.27. The first-order valence-electron chi connectivity index (χ1n) is 6.07.